The van der Waals surface area contributed by atoms with Crippen LogP contribution in [0.5, 0.6) is 0 Å². The Morgan fingerprint density at radius 1 is 1.25 bits per heavy atom. The predicted molar refractivity (Wildman–Crippen MR) is 73.3 cm³/mol. The number of nitrogens with zero attached hydrogens (tertiary/aromatic N) is 3. The quantitative estimate of drug-likeness (QED) is 0.837. The Hall–Kier alpha value is -1.60. The van der Waals surface area contributed by atoms with E-state index in [4.69, 9.17) is 22.1 Å². The Balaban J connectivity index is 2.33. The second-order valence-electron chi connectivity index (χ2n) is 4.56. The van der Waals surface area contributed by atoms with Gasteiger partial charge in [-0.15, -0.1) is 0 Å². The Morgan fingerprint density at radius 3 is 2.45 bits per heavy atom. The molecule has 0 spiro atoms. The summed E-state index contributed by atoms with van der Waals surface area (Å²) < 4.78 is 26.4. The normalized spacial score (nSPS) is 17.4. The van der Waals surface area contributed by atoms with E-state index in [1.54, 1.807) is 0 Å². The molecule has 1 aromatic carbocycles. The summed E-state index contributed by atoms with van der Waals surface area (Å²) >= 11 is 5.95. The maximum atomic E-state index is 12.5. The Morgan fingerprint density at radius 2 is 1.90 bits per heavy atom. The van der Waals surface area contributed by atoms with Crippen molar-refractivity contribution in [3.63, 3.8) is 0 Å². The molecular weight excluding hydrogens is 298 g/mol. The van der Waals surface area contributed by atoms with Crippen molar-refractivity contribution in [1.29, 1.82) is 10.5 Å². The lowest BCUT2D eigenvalue weighted by atomic mass is 10.0. The fraction of sp³-hybridized carbons (Fsp3) is 0.385. The lowest BCUT2D eigenvalue weighted by Crippen LogP contribution is -2.38. The van der Waals surface area contributed by atoms with Crippen molar-refractivity contribution in [3.8, 4) is 12.1 Å². The minimum absolute atomic E-state index is 0.0476. The van der Waals surface area contributed by atoms with Gasteiger partial charge in [0.2, 0.25) is 10.0 Å². The van der Waals surface area contributed by atoms with Crippen LogP contribution in [0.1, 0.15) is 18.4 Å². The third kappa shape index (κ3) is 2.78. The zero-order valence-electron chi connectivity index (χ0n) is 10.6. The molecule has 1 aliphatic heterocycles. The van der Waals surface area contributed by atoms with Crippen molar-refractivity contribution >= 4 is 21.6 Å². The molecule has 1 aromatic rings. The standard InChI is InChI=1S/C13H12ClN3O2S/c14-12-2-1-11(9-16)7-13(12)20(18,19)17-5-3-10(8-15)4-6-17/h1-2,7,10H,3-6H2. The molecule has 1 aliphatic rings. The van der Waals surface area contributed by atoms with Gasteiger partial charge in [0.15, 0.2) is 0 Å². The topological polar surface area (TPSA) is 85.0 Å². The summed E-state index contributed by atoms with van der Waals surface area (Å²) in [5.41, 5.74) is 0.250. The molecule has 0 N–H and O–H groups in total. The molecule has 104 valence electrons. The lowest BCUT2D eigenvalue weighted by Gasteiger charge is -2.28. The molecule has 0 aromatic heterocycles. The van der Waals surface area contributed by atoms with E-state index >= 15 is 0 Å². The van der Waals surface area contributed by atoms with Crippen LogP contribution < -0.4 is 0 Å². The van der Waals surface area contributed by atoms with E-state index in [2.05, 4.69) is 6.07 Å². The van der Waals surface area contributed by atoms with Gasteiger partial charge in [-0.05, 0) is 31.0 Å². The van der Waals surface area contributed by atoms with Crippen LogP contribution in [0.4, 0.5) is 0 Å². The van der Waals surface area contributed by atoms with Crippen LogP contribution in [0.15, 0.2) is 23.1 Å². The van der Waals surface area contributed by atoms with Gasteiger partial charge in [0.05, 0.1) is 22.7 Å². The number of halogens is 1. The van der Waals surface area contributed by atoms with Gasteiger partial charge in [0.1, 0.15) is 4.90 Å². The zero-order chi connectivity index (χ0) is 14.8. The van der Waals surface area contributed by atoms with Crippen molar-refractivity contribution in [1.82, 2.24) is 4.31 Å². The predicted octanol–water partition coefficient (Wildman–Crippen LogP) is 2.14. The van der Waals surface area contributed by atoms with Crippen LogP contribution in [-0.2, 0) is 10.0 Å². The Labute approximate surface area is 123 Å². The molecule has 1 heterocycles. The van der Waals surface area contributed by atoms with Gasteiger partial charge in [-0.2, -0.15) is 14.8 Å². The molecule has 1 fully saturated rings. The number of hydrogen-bond donors (Lipinski definition) is 0. The van der Waals surface area contributed by atoms with Crippen molar-refractivity contribution in [2.45, 2.75) is 17.7 Å². The maximum Gasteiger partial charge on any atom is 0.244 e. The van der Waals surface area contributed by atoms with Gasteiger partial charge < -0.3 is 0 Å². The molecule has 0 amide bonds. The van der Waals surface area contributed by atoms with E-state index in [1.165, 1.54) is 22.5 Å². The van der Waals surface area contributed by atoms with E-state index in [0.717, 1.165) is 0 Å². The number of rotatable bonds is 2. The number of nitriles is 2. The molecular formula is C13H12ClN3O2S. The van der Waals surface area contributed by atoms with Crippen molar-refractivity contribution < 1.29 is 8.42 Å². The second kappa shape index (κ2) is 5.80. The Kier molecular flexibility index (Phi) is 4.29. The van der Waals surface area contributed by atoms with Crippen molar-refractivity contribution in [3.05, 3.63) is 28.8 Å². The molecule has 0 aliphatic carbocycles. The molecule has 20 heavy (non-hydrogen) atoms. The van der Waals surface area contributed by atoms with Gasteiger partial charge in [-0.1, -0.05) is 11.6 Å². The van der Waals surface area contributed by atoms with E-state index in [-0.39, 0.29) is 21.4 Å². The summed E-state index contributed by atoms with van der Waals surface area (Å²) in [6, 6.07) is 8.23. The molecule has 0 bridgehead atoms. The number of sulfonamides is 1. The van der Waals surface area contributed by atoms with E-state index in [9.17, 15) is 8.42 Å². The first-order chi connectivity index (χ1) is 9.48. The molecule has 0 atom stereocenters. The molecule has 1 saturated heterocycles. The minimum Gasteiger partial charge on any atom is -0.207 e. The summed E-state index contributed by atoms with van der Waals surface area (Å²) in [7, 11) is -3.72. The molecule has 0 unspecified atom stereocenters. The minimum atomic E-state index is -3.72. The highest BCUT2D eigenvalue weighted by Gasteiger charge is 2.30. The number of piperidine rings is 1. The van der Waals surface area contributed by atoms with Gasteiger partial charge >= 0.3 is 0 Å². The highest BCUT2D eigenvalue weighted by molar-refractivity contribution is 7.89. The van der Waals surface area contributed by atoms with Crippen LogP contribution in [0.3, 0.4) is 0 Å². The highest BCUT2D eigenvalue weighted by atomic mass is 35.5. The first-order valence-electron chi connectivity index (χ1n) is 6.08. The van der Waals surface area contributed by atoms with Crippen LogP contribution in [0.25, 0.3) is 0 Å². The van der Waals surface area contributed by atoms with Crippen molar-refractivity contribution in [2.24, 2.45) is 5.92 Å². The molecule has 2 rings (SSSR count). The smallest absolute Gasteiger partial charge is 0.207 e. The first kappa shape index (κ1) is 14.8. The van der Waals surface area contributed by atoms with Crippen LogP contribution in [0.2, 0.25) is 5.02 Å². The second-order valence-corrected chi connectivity index (χ2v) is 6.88. The number of benzene rings is 1. The fourth-order valence-electron chi connectivity index (χ4n) is 2.13. The van der Waals surface area contributed by atoms with E-state index in [1.807, 2.05) is 6.07 Å². The summed E-state index contributed by atoms with van der Waals surface area (Å²) in [4.78, 5) is -0.0476. The summed E-state index contributed by atoms with van der Waals surface area (Å²) in [6.07, 6.45) is 1.04. The fourth-order valence-corrected chi connectivity index (χ4v) is 4.11. The van der Waals surface area contributed by atoms with Crippen LogP contribution in [0, 0.1) is 28.6 Å². The first-order valence-corrected chi connectivity index (χ1v) is 7.90. The van der Waals surface area contributed by atoms with Crippen molar-refractivity contribution in [2.75, 3.05) is 13.1 Å². The molecule has 0 radical (unpaired) electrons. The summed E-state index contributed by atoms with van der Waals surface area (Å²) in [5, 5.41) is 17.8. The summed E-state index contributed by atoms with van der Waals surface area (Å²) in [5.74, 6) is -0.0950. The molecule has 5 nitrogen and oxygen atoms in total. The van der Waals surface area contributed by atoms with E-state index < -0.39 is 10.0 Å². The monoisotopic (exact) mass is 309 g/mol. The third-order valence-corrected chi connectivity index (χ3v) is 5.69. The zero-order valence-corrected chi connectivity index (χ0v) is 12.2. The van der Waals surface area contributed by atoms with Gasteiger partial charge in [-0.3, -0.25) is 0 Å². The van der Waals surface area contributed by atoms with Crippen LogP contribution in [-0.4, -0.2) is 25.8 Å². The van der Waals surface area contributed by atoms with Gasteiger partial charge in [0, 0.05) is 19.0 Å². The molecule has 0 saturated carbocycles. The van der Waals surface area contributed by atoms with E-state index in [0.29, 0.717) is 25.9 Å². The average molecular weight is 310 g/mol. The third-order valence-electron chi connectivity index (χ3n) is 3.31. The Bertz CT molecular complexity index is 695. The summed E-state index contributed by atoms with van der Waals surface area (Å²) in [6.45, 7) is 0.599. The van der Waals surface area contributed by atoms with Crippen LogP contribution >= 0.6 is 11.6 Å². The highest BCUT2D eigenvalue weighted by Crippen LogP contribution is 2.28. The largest absolute Gasteiger partial charge is 0.244 e. The maximum absolute atomic E-state index is 12.5. The van der Waals surface area contributed by atoms with Gasteiger partial charge in [-0.25, -0.2) is 8.42 Å². The number of hydrogen-bond acceptors (Lipinski definition) is 4. The molecule has 7 heteroatoms. The SMILES string of the molecule is N#Cc1ccc(Cl)c(S(=O)(=O)N2CCC(C#N)CC2)c1. The average Bonchev–Trinajstić information content (AvgIpc) is 2.47. The lowest BCUT2D eigenvalue weighted by molar-refractivity contribution is 0.310. The van der Waals surface area contributed by atoms with Gasteiger partial charge in [0.25, 0.3) is 0 Å².